The van der Waals surface area contributed by atoms with E-state index >= 15 is 0 Å². The quantitative estimate of drug-likeness (QED) is 0.491. The van der Waals surface area contributed by atoms with Crippen molar-refractivity contribution in [2.45, 2.75) is 0 Å². The monoisotopic (exact) mass is 110 g/mol. The molecule has 8 heavy (non-hydrogen) atoms. The van der Waals surface area contributed by atoms with Crippen LogP contribution >= 0.6 is 0 Å². The van der Waals surface area contributed by atoms with Gasteiger partial charge < -0.3 is 0 Å². The predicted molar refractivity (Wildman–Crippen MR) is 28.4 cm³/mol. The van der Waals surface area contributed by atoms with Gasteiger partial charge in [-0.3, -0.25) is 0 Å². The second-order valence-electron chi connectivity index (χ2n) is 1.22. The summed E-state index contributed by atoms with van der Waals surface area (Å²) in [5.41, 5.74) is 0. The van der Waals surface area contributed by atoms with E-state index in [4.69, 9.17) is 0 Å². The average Bonchev–Trinajstić information content (AvgIpc) is 2.19. The summed E-state index contributed by atoms with van der Waals surface area (Å²) in [5.74, 6) is 0. The highest BCUT2D eigenvalue weighted by Gasteiger charge is 1.77. The van der Waals surface area contributed by atoms with E-state index in [1.54, 1.807) is 25.5 Å². The minimum absolute atomic E-state index is 1.39. The third-order valence-corrected chi connectivity index (χ3v) is 0.672. The largest absolute Gasteiger partial charge is 0.172 e. The van der Waals surface area contributed by atoms with Crippen LogP contribution in [-0.4, -0.2) is 16.9 Å². The van der Waals surface area contributed by atoms with Gasteiger partial charge in [-0.15, -0.1) is 4.79 Å². The highest BCUT2D eigenvalue weighted by molar-refractivity contribution is 4.76. The summed E-state index contributed by atoms with van der Waals surface area (Å²) in [6.07, 6.45) is 3.36. The molecule has 0 bridgehead atoms. The van der Waals surface area contributed by atoms with Crippen molar-refractivity contribution < 1.29 is 0 Å². The normalized spacial score (nSPS) is 10.6. The molecule has 1 aromatic heterocycles. The van der Waals surface area contributed by atoms with E-state index in [0.717, 1.165) is 0 Å². The van der Waals surface area contributed by atoms with E-state index in [0.29, 0.717) is 0 Å². The topological polar surface area (TPSA) is 42.5 Å². The Morgan fingerprint density at radius 1 is 1.62 bits per heavy atom. The van der Waals surface area contributed by atoms with Crippen molar-refractivity contribution in [3.05, 3.63) is 18.5 Å². The molecule has 0 amide bonds. The summed E-state index contributed by atoms with van der Waals surface area (Å²) in [7, 11) is 1.60. The van der Waals surface area contributed by atoms with Crippen molar-refractivity contribution in [1.29, 1.82) is 0 Å². The molecular formula is C4H6N4. The van der Waals surface area contributed by atoms with Crippen molar-refractivity contribution in [3.63, 3.8) is 0 Å². The minimum Gasteiger partial charge on any atom is -0.172 e. The zero-order chi connectivity index (χ0) is 5.82. The fourth-order valence-electron chi connectivity index (χ4n) is 0.405. The van der Waals surface area contributed by atoms with Crippen molar-refractivity contribution in [2.24, 2.45) is 10.3 Å². The zero-order valence-electron chi connectivity index (χ0n) is 4.52. The fourth-order valence-corrected chi connectivity index (χ4v) is 0.405. The number of rotatable bonds is 1. The van der Waals surface area contributed by atoms with Crippen molar-refractivity contribution in [3.8, 4) is 0 Å². The van der Waals surface area contributed by atoms with Crippen LogP contribution < -0.4 is 0 Å². The smallest absolute Gasteiger partial charge is 0.0529 e. The van der Waals surface area contributed by atoms with Crippen LogP contribution in [0, 0.1) is 0 Å². The first kappa shape index (κ1) is 4.96. The Labute approximate surface area is 46.8 Å². The van der Waals surface area contributed by atoms with E-state index in [2.05, 4.69) is 15.4 Å². The summed E-state index contributed by atoms with van der Waals surface area (Å²) >= 11 is 0. The number of aromatic nitrogens is 2. The maximum atomic E-state index is 3.76. The van der Waals surface area contributed by atoms with Crippen LogP contribution in [0.4, 0.5) is 0 Å². The molecular weight excluding hydrogens is 104 g/mol. The Morgan fingerprint density at radius 3 is 3.00 bits per heavy atom. The first-order chi connectivity index (χ1) is 3.93. The van der Waals surface area contributed by atoms with E-state index in [1.807, 2.05) is 0 Å². The average molecular weight is 110 g/mol. The third kappa shape index (κ3) is 0.900. The first-order valence-corrected chi connectivity index (χ1v) is 2.23. The molecule has 42 valence electrons. The minimum atomic E-state index is 1.39. The van der Waals surface area contributed by atoms with Crippen molar-refractivity contribution in [2.75, 3.05) is 7.05 Å². The predicted octanol–water partition coefficient (Wildman–Crippen LogP) is 0.728. The van der Waals surface area contributed by atoms with Crippen LogP contribution in [0.25, 0.3) is 0 Å². The van der Waals surface area contributed by atoms with Crippen molar-refractivity contribution >= 4 is 0 Å². The van der Waals surface area contributed by atoms with E-state index in [-0.39, 0.29) is 0 Å². The standard InChI is InChI=1S/C4H6N4/c1-5-7-8-4-2-3-6-8/h2-4H,1H3. The van der Waals surface area contributed by atoms with E-state index < -0.39 is 0 Å². The zero-order valence-corrected chi connectivity index (χ0v) is 4.52. The summed E-state index contributed by atoms with van der Waals surface area (Å²) in [4.78, 5) is 1.39. The van der Waals surface area contributed by atoms with Crippen molar-refractivity contribution in [1.82, 2.24) is 9.89 Å². The Bertz CT molecular complexity index is 164. The molecule has 1 heterocycles. The molecule has 0 radical (unpaired) electrons. The second kappa shape index (κ2) is 2.20. The highest BCUT2D eigenvalue weighted by atomic mass is 15.6. The SMILES string of the molecule is CN=Nn1cccn1. The maximum Gasteiger partial charge on any atom is 0.0529 e. The van der Waals surface area contributed by atoms with Gasteiger partial charge in [0.05, 0.1) is 19.4 Å². The lowest BCUT2D eigenvalue weighted by Gasteiger charge is -1.80. The van der Waals surface area contributed by atoms with Gasteiger partial charge in [0.15, 0.2) is 0 Å². The molecule has 0 N–H and O–H groups in total. The van der Waals surface area contributed by atoms with Crippen LogP contribution in [0.3, 0.4) is 0 Å². The summed E-state index contributed by atoms with van der Waals surface area (Å²) in [6, 6.07) is 1.79. The Kier molecular flexibility index (Phi) is 1.37. The molecule has 0 saturated carbocycles. The lowest BCUT2D eigenvalue weighted by molar-refractivity contribution is 0.683. The molecule has 0 aliphatic carbocycles. The first-order valence-electron chi connectivity index (χ1n) is 2.23. The summed E-state index contributed by atoms with van der Waals surface area (Å²) in [5, 5.41) is 10.9. The van der Waals surface area contributed by atoms with Gasteiger partial charge >= 0.3 is 0 Å². The molecule has 0 unspecified atom stereocenters. The molecule has 0 spiro atoms. The van der Waals surface area contributed by atoms with Gasteiger partial charge in [0.2, 0.25) is 0 Å². The van der Waals surface area contributed by atoms with Crippen LogP contribution in [0.1, 0.15) is 0 Å². The fraction of sp³-hybridized carbons (Fsp3) is 0.250. The Morgan fingerprint density at radius 2 is 2.50 bits per heavy atom. The van der Waals surface area contributed by atoms with Crippen LogP contribution in [-0.2, 0) is 0 Å². The van der Waals surface area contributed by atoms with Gasteiger partial charge in [-0.05, 0) is 11.3 Å². The highest BCUT2D eigenvalue weighted by Crippen LogP contribution is 1.81. The molecule has 0 aliphatic rings. The molecule has 0 saturated heterocycles. The van der Waals surface area contributed by atoms with E-state index in [1.165, 1.54) is 4.79 Å². The molecule has 4 nitrogen and oxygen atoms in total. The van der Waals surface area contributed by atoms with Gasteiger partial charge in [0.1, 0.15) is 0 Å². The number of nitrogens with zero attached hydrogens (tertiary/aromatic N) is 4. The molecule has 0 aromatic carbocycles. The molecule has 1 rings (SSSR count). The Hall–Kier alpha value is -1.19. The molecule has 4 heteroatoms. The van der Waals surface area contributed by atoms with Gasteiger partial charge in [0.25, 0.3) is 0 Å². The Balaban J connectivity index is 2.77. The van der Waals surface area contributed by atoms with Gasteiger partial charge in [-0.2, -0.15) is 10.2 Å². The van der Waals surface area contributed by atoms with Crippen LogP contribution in [0.15, 0.2) is 28.8 Å². The lowest BCUT2D eigenvalue weighted by Crippen LogP contribution is -1.83. The van der Waals surface area contributed by atoms with Gasteiger partial charge in [-0.25, -0.2) is 0 Å². The molecule has 0 fully saturated rings. The van der Waals surface area contributed by atoms with Gasteiger partial charge in [-0.1, -0.05) is 0 Å². The molecule has 0 aliphatic heterocycles. The summed E-state index contributed by atoms with van der Waals surface area (Å²) < 4.78 is 0. The van der Waals surface area contributed by atoms with Crippen LogP contribution in [0.5, 0.6) is 0 Å². The molecule has 0 atom stereocenters. The molecule has 1 aromatic rings. The van der Waals surface area contributed by atoms with Gasteiger partial charge in [0, 0.05) is 0 Å². The second-order valence-corrected chi connectivity index (χ2v) is 1.22. The lowest BCUT2D eigenvalue weighted by atomic mass is 10.8. The maximum absolute atomic E-state index is 3.76. The third-order valence-electron chi connectivity index (χ3n) is 0.672. The number of hydrogen-bond acceptors (Lipinski definition) is 3. The number of hydrogen-bond donors (Lipinski definition) is 0. The van der Waals surface area contributed by atoms with E-state index in [9.17, 15) is 0 Å². The summed E-state index contributed by atoms with van der Waals surface area (Å²) in [6.45, 7) is 0. The van der Waals surface area contributed by atoms with Crippen LogP contribution in [0.2, 0.25) is 0 Å².